The first-order valence-electron chi connectivity index (χ1n) is 8.17. The summed E-state index contributed by atoms with van der Waals surface area (Å²) in [6.45, 7) is 2.49. The van der Waals surface area contributed by atoms with Gasteiger partial charge in [0.15, 0.2) is 0 Å². The van der Waals surface area contributed by atoms with Gasteiger partial charge in [-0.15, -0.1) is 24.8 Å². The van der Waals surface area contributed by atoms with Crippen molar-refractivity contribution in [2.75, 3.05) is 13.1 Å². The van der Waals surface area contributed by atoms with Crippen LogP contribution in [0.3, 0.4) is 0 Å². The fourth-order valence-corrected chi connectivity index (χ4v) is 2.98. The topological polar surface area (TPSA) is 58.1 Å². The highest BCUT2D eigenvalue weighted by atomic mass is 35.5. The van der Waals surface area contributed by atoms with Crippen molar-refractivity contribution < 1.29 is 4.79 Å². The average Bonchev–Trinajstić information content (AvgIpc) is 2.90. The van der Waals surface area contributed by atoms with Crippen LogP contribution in [-0.4, -0.2) is 39.9 Å². The quantitative estimate of drug-likeness (QED) is 0.882. The van der Waals surface area contributed by atoms with Gasteiger partial charge in [0.1, 0.15) is 5.69 Å². The number of pyridine rings is 2. The molecule has 3 rings (SSSR count). The molecule has 0 radical (unpaired) electrons. The van der Waals surface area contributed by atoms with E-state index in [1.807, 2.05) is 35.2 Å². The van der Waals surface area contributed by atoms with Gasteiger partial charge in [0.05, 0.1) is 12.2 Å². The van der Waals surface area contributed by atoms with Crippen molar-refractivity contribution in [2.45, 2.75) is 31.8 Å². The van der Waals surface area contributed by atoms with Gasteiger partial charge < -0.3 is 10.2 Å². The summed E-state index contributed by atoms with van der Waals surface area (Å²) in [5.41, 5.74) is 1.41. The van der Waals surface area contributed by atoms with E-state index in [2.05, 4.69) is 15.3 Å². The number of hydrogen-bond donors (Lipinski definition) is 1. The highest BCUT2D eigenvalue weighted by Gasteiger charge is 2.26. The van der Waals surface area contributed by atoms with E-state index in [0.29, 0.717) is 12.2 Å². The maximum atomic E-state index is 13.0. The first-order valence-corrected chi connectivity index (χ1v) is 8.17. The summed E-state index contributed by atoms with van der Waals surface area (Å²) >= 11 is 0. The van der Waals surface area contributed by atoms with Gasteiger partial charge >= 0.3 is 0 Å². The van der Waals surface area contributed by atoms with E-state index in [4.69, 9.17) is 0 Å². The Balaban J connectivity index is 0.00000156. The Morgan fingerprint density at radius 3 is 2.48 bits per heavy atom. The lowest BCUT2D eigenvalue weighted by Crippen LogP contribution is -2.40. The van der Waals surface area contributed by atoms with Crippen LogP contribution in [0.25, 0.3) is 0 Å². The van der Waals surface area contributed by atoms with Crippen LogP contribution >= 0.6 is 24.8 Å². The second-order valence-electron chi connectivity index (χ2n) is 5.80. The van der Waals surface area contributed by atoms with Gasteiger partial charge in [-0.3, -0.25) is 14.8 Å². The zero-order valence-electron chi connectivity index (χ0n) is 14.0. The second kappa shape index (κ2) is 11.0. The fourth-order valence-electron chi connectivity index (χ4n) is 2.98. The van der Waals surface area contributed by atoms with Crippen molar-refractivity contribution in [3.63, 3.8) is 0 Å². The summed E-state index contributed by atoms with van der Waals surface area (Å²) in [5.74, 6) is -0.0110. The molecular formula is C18H24Cl2N4O. The average molecular weight is 383 g/mol. The van der Waals surface area contributed by atoms with E-state index in [-0.39, 0.29) is 36.8 Å². The molecule has 0 aliphatic carbocycles. The molecule has 0 aromatic carbocycles. The Morgan fingerprint density at radius 2 is 1.80 bits per heavy atom. The first-order chi connectivity index (χ1) is 11.3. The Labute approximate surface area is 161 Å². The van der Waals surface area contributed by atoms with E-state index < -0.39 is 0 Å². The van der Waals surface area contributed by atoms with Crippen molar-refractivity contribution in [1.29, 1.82) is 0 Å². The molecule has 1 unspecified atom stereocenters. The van der Waals surface area contributed by atoms with Gasteiger partial charge in [-0.1, -0.05) is 12.1 Å². The van der Waals surface area contributed by atoms with Crippen LogP contribution in [0.5, 0.6) is 0 Å². The Kier molecular flexibility index (Phi) is 9.42. The number of carbonyl (C=O) groups excluding carboxylic acids is 1. The number of nitrogens with one attached hydrogen (secondary N) is 1. The Bertz CT molecular complexity index is 619. The largest absolute Gasteiger partial charge is 0.328 e. The van der Waals surface area contributed by atoms with Crippen LogP contribution in [-0.2, 0) is 6.54 Å². The smallest absolute Gasteiger partial charge is 0.273 e. The summed E-state index contributed by atoms with van der Waals surface area (Å²) < 4.78 is 0. The third-order valence-electron chi connectivity index (χ3n) is 4.19. The molecular weight excluding hydrogens is 359 g/mol. The minimum absolute atomic E-state index is 0. The maximum Gasteiger partial charge on any atom is 0.273 e. The van der Waals surface area contributed by atoms with Crippen LogP contribution in [0.15, 0.2) is 48.8 Å². The van der Waals surface area contributed by atoms with Crippen molar-refractivity contribution in [1.82, 2.24) is 20.2 Å². The van der Waals surface area contributed by atoms with Crippen molar-refractivity contribution in [3.8, 4) is 0 Å². The summed E-state index contributed by atoms with van der Waals surface area (Å²) in [5, 5.41) is 3.41. The minimum atomic E-state index is -0.0110. The standard InChI is InChI=1S/C18H22N4O.2ClH/c23-18(17-8-2-4-12-21-17)22(14-15-6-1-3-11-20-15)16-7-5-10-19-13-9-16;;/h1-4,6,8,11-12,16,19H,5,7,9-10,13-14H2;2*1H. The molecule has 1 amide bonds. The van der Waals surface area contributed by atoms with Gasteiger partial charge in [0, 0.05) is 18.4 Å². The number of rotatable bonds is 4. The number of aromatic nitrogens is 2. The third kappa shape index (κ3) is 5.96. The normalized spacial score (nSPS) is 16.7. The molecule has 1 aliphatic heterocycles. The number of amides is 1. The zero-order chi connectivity index (χ0) is 15.9. The van der Waals surface area contributed by atoms with Crippen LogP contribution < -0.4 is 5.32 Å². The van der Waals surface area contributed by atoms with Gasteiger partial charge in [-0.25, -0.2) is 0 Å². The molecule has 2 aromatic heterocycles. The lowest BCUT2D eigenvalue weighted by molar-refractivity contribution is 0.0636. The third-order valence-corrected chi connectivity index (χ3v) is 4.19. The number of nitrogens with zero attached hydrogens (tertiary/aromatic N) is 3. The SMILES string of the molecule is Cl.Cl.O=C(c1ccccn1)N(Cc1ccccn1)C1CCCNCC1. The highest BCUT2D eigenvalue weighted by Crippen LogP contribution is 2.18. The summed E-state index contributed by atoms with van der Waals surface area (Å²) in [6, 6.07) is 11.5. The number of halogens is 2. The molecule has 1 saturated heterocycles. The maximum absolute atomic E-state index is 13.0. The number of hydrogen-bond acceptors (Lipinski definition) is 4. The van der Waals surface area contributed by atoms with Gasteiger partial charge in [0.2, 0.25) is 0 Å². The molecule has 25 heavy (non-hydrogen) atoms. The molecule has 1 aliphatic rings. The summed E-state index contributed by atoms with van der Waals surface area (Å²) in [7, 11) is 0. The fraction of sp³-hybridized carbons (Fsp3) is 0.389. The monoisotopic (exact) mass is 382 g/mol. The molecule has 5 nitrogen and oxygen atoms in total. The molecule has 136 valence electrons. The molecule has 7 heteroatoms. The predicted octanol–water partition coefficient (Wildman–Crippen LogP) is 3.10. The van der Waals surface area contributed by atoms with Crippen molar-refractivity contribution >= 4 is 30.7 Å². The molecule has 0 spiro atoms. The lowest BCUT2D eigenvalue weighted by atomic mass is 10.1. The Hall–Kier alpha value is -1.69. The molecule has 3 heterocycles. The van der Waals surface area contributed by atoms with Gasteiger partial charge in [-0.05, 0) is 56.6 Å². The van der Waals surface area contributed by atoms with Gasteiger partial charge in [0.25, 0.3) is 5.91 Å². The highest BCUT2D eigenvalue weighted by molar-refractivity contribution is 5.92. The molecule has 0 saturated carbocycles. The van der Waals surface area contributed by atoms with E-state index in [9.17, 15) is 4.79 Å². The first kappa shape index (κ1) is 21.4. The molecule has 1 N–H and O–H groups in total. The van der Waals surface area contributed by atoms with Crippen molar-refractivity contribution in [2.24, 2.45) is 0 Å². The van der Waals surface area contributed by atoms with E-state index in [0.717, 1.165) is 38.0 Å². The summed E-state index contributed by atoms with van der Waals surface area (Å²) in [4.78, 5) is 23.5. The number of carbonyl (C=O) groups is 1. The van der Waals surface area contributed by atoms with Gasteiger partial charge in [-0.2, -0.15) is 0 Å². The minimum Gasteiger partial charge on any atom is -0.328 e. The molecule has 1 atom stereocenters. The van der Waals surface area contributed by atoms with Crippen LogP contribution in [0.2, 0.25) is 0 Å². The summed E-state index contributed by atoms with van der Waals surface area (Å²) in [6.07, 6.45) is 6.50. The molecule has 1 fully saturated rings. The zero-order valence-corrected chi connectivity index (χ0v) is 15.6. The second-order valence-corrected chi connectivity index (χ2v) is 5.80. The van der Waals surface area contributed by atoms with Crippen LogP contribution in [0.4, 0.5) is 0 Å². The molecule has 2 aromatic rings. The Morgan fingerprint density at radius 1 is 1.04 bits per heavy atom. The van der Waals surface area contributed by atoms with E-state index >= 15 is 0 Å². The van der Waals surface area contributed by atoms with E-state index in [1.54, 1.807) is 18.5 Å². The van der Waals surface area contributed by atoms with E-state index in [1.165, 1.54) is 0 Å². The predicted molar refractivity (Wildman–Crippen MR) is 103 cm³/mol. The van der Waals surface area contributed by atoms with Crippen LogP contribution in [0, 0.1) is 0 Å². The van der Waals surface area contributed by atoms with Crippen LogP contribution in [0.1, 0.15) is 35.4 Å². The molecule has 0 bridgehead atoms. The lowest BCUT2D eigenvalue weighted by Gasteiger charge is -2.30. The van der Waals surface area contributed by atoms with Crippen molar-refractivity contribution in [3.05, 3.63) is 60.2 Å².